The van der Waals surface area contributed by atoms with E-state index in [1.165, 1.54) is 5.57 Å². The molecule has 0 amide bonds. The Morgan fingerprint density at radius 3 is 2.47 bits per heavy atom. The van der Waals surface area contributed by atoms with Crippen LogP contribution in [0.5, 0.6) is 17.2 Å². The van der Waals surface area contributed by atoms with Crippen LogP contribution >= 0.6 is 0 Å². The van der Waals surface area contributed by atoms with E-state index in [0.717, 1.165) is 23.3 Å². The Morgan fingerprint density at radius 1 is 0.947 bits per heavy atom. The van der Waals surface area contributed by atoms with E-state index in [9.17, 15) is 10.2 Å². The molecule has 0 saturated carbocycles. The second-order valence-corrected chi connectivity index (χ2v) is 4.66. The summed E-state index contributed by atoms with van der Waals surface area (Å²) in [6.07, 6.45) is 2.88. The number of phenols is 2. The highest BCUT2D eigenvalue weighted by atomic mass is 16.5. The maximum Gasteiger partial charge on any atom is 0.130 e. The molecule has 1 aliphatic rings. The molecule has 0 fully saturated rings. The SMILES string of the molecule is Oc1ccc(CC2=Cc3ccc(O)cc3OC2)cc1. The second-order valence-electron chi connectivity index (χ2n) is 4.66. The number of phenolic OH excluding ortho intramolecular Hbond substituents is 2. The molecule has 0 aliphatic carbocycles. The third kappa shape index (κ3) is 2.55. The lowest BCUT2D eigenvalue weighted by atomic mass is 10.0. The van der Waals surface area contributed by atoms with Gasteiger partial charge < -0.3 is 14.9 Å². The maximum atomic E-state index is 9.39. The van der Waals surface area contributed by atoms with Crippen molar-refractivity contribution < 1.29 is 14.9 Å². The Kier molecular flexibility index (Phi) is 2.88. The summed E-state index contributed by atoms with van der Waals surface area (Å²) in [4.78, 5) is 0. The maximum absolute atomic E-state index is 9.39. The molecular formula is C16H14O3. The topological polar surface area (TPSA) is 49.7 Å². The van der Waals surface area contributed by atoms with Gasteiger partial charge in [-0.25, -0.2) is 0 Å². The zero-order valence-electron chi connectivity index (χ0n) is 10.3. The van der Waals surface area contributed by atoms with E-state index in [4.69, 9.17) is 4.74 Å². The van der Waals surface area contributed by atoms with E-state index in [2.05, 4.69) is 6.08 Å². The molecule has 0 atom stereocenters. The van der Waals surface area contributed by atoms with Crippen molar-refractivity contribution in [2.24, 2.45) is 0 Å². The van der Waals surface area contributed by atoms with Crippen molar-refractivity contribution in [3.63, 3.8) is 0 Å². The molecule has 96 valence electrons. The van der Waals surface area contributed by atoms with Gasteiger partial charge in [0.05, 0.1) is 0 Å². The van der Waals surface area contributed by atoms with Gasteiger partial charge in [-0.3, -0.25) is 0 Å². The number of hydrogen-bond donors (Lipinski definition) is 2. The van der Waals surface area contributed by atoms with Crippen LogP contribution in [0.3, 0.4) is 0 Å². The molecule has 1 aliphatic heterocycles. The molecule has 19 heavy (non-hydrogen) atoms. The molecule has 3 heteroatoms. The quantitative estimate of drug-likeness (QED) is 0.865. The van der Waals surface area contributed by atoms with Gasteiger partial charge in [-0.15, -0.1) is 0 Å². The van der Waals surface area contributed by atoms with Gasteiger partial charge in [-0.2, -0.15) is 0 Å². The molecule has 0 unspecified atom stereocenters. The molecule has 0 aromatic heterocycles. The highest BCUT2D eigenvalue weighted by molar-refractivity contribution is 5.64. The van der Waals surface area contributed by atoms with Gasteiger partial charge in [-0.1, -0.05) is 12.1 Å². The Hall–Kier alpha value is -2.42. The van der Waals surface area contributed by atoms with Crippen LogP contribution in [0.2, 0.25) is 0 Å². The van der Waals surface area contributed by atoms with Gasteiger partial charge in [-0.05, 0) is 47.9 Å². The van der Waals surface area contributed by atoms with Gasteiger partial charge in [0.2, 0.25) is 0 Å². The van der Waals surface area contributed by atoms with E-state index >= 15 is 0 Å². The third-order valence-electron chi connectivity index (χ3n) is 3.14. The summed E-state index contributed by atoms with van der Waals surface area (Å²) in [6.45, 7) is 0.525. The van der Waals surface area contributed by atoms with E-state index in [0.29, 0.717) is 6.61 Å². The van der Waals surface area contributed by atoms with Crippen molar-refractivity contribution >= 4 is 6.08 Å². The van der Waals surface area contributed by atoms with Crippen LogP contribution in [-0.4, -0.2) is 16.8 Å². The van der Waals surface area contributed by atoms with Crippen LogP contribution in [-0.2, 0) is 6.42 Å². The molecule has 3 rings (SSSR count). The standard InChI is InChI=1S/C16H14O3/c17-14-4-1-11(2-5-14)7-12-8-13-3-6-15(18)9-16(13)19-10-12/h1-6,8-9,17-18H,7,10H2. The van der Waals surface area contributed by atoms with Crippen molar-refractivity contribution in [3.8, 4) is 17.2 Å². The van der Waals surface area contributed by atoms with Crippen LogP contribution in [0.25, 0.3) is 6.08 Å². The smallest absolute Gasteiger partial charge is 0.130 e. The van der Waals surface area contributed by atoms with Crippen molar-refractivity contribution in [1.29, 1.82) is 0 Å². The molecule has 0 saturated heterocycles. The fourth-order valence-electron chi connectivity index (χ4n) is 2.18. The minimum absolute atomic E-state index is 0.217. The Balaban J connectivity index is 1.83. The first-order valence-electron chi connectivity index (χ1n) is 6.14. The van der Waals surface area contributed by atoms with Gasteiger partial charge in [0.25, 0.3) is 0 Å². The van der Waals surface area contributed by atoms with Crippen LogP contribution < -0.4 is 4.74 Å². The fourth-order valence-corrected chi connectivity index (χ4v) is 2.18. The number of benzene rings is 2. The van der Waals surface area contributed by atoms with E-state index in [1.807, 2.05) is 18.2 Å². The molecule has 0 spiro atoms. The number of fused-ring (bicyclic) bond motifs is 1. The average molecular weight is 254 g/mol. The van der Waals surface area contributed by atoms with Gasteiger partial charge >= 0.3 is 0 Å². The largest absolute Gasteiger partial charge is 0.508 e. The fraction of sp³-hybridized carbons (Fsp3) is 0.125. The molecule has 2 aromatic rings. The summed E-state index contributed by atoms with van der Waals surface area (Å²) in [5, 5.41) is 18.6. The Labute approximate surface area is 111 Å². The second kappa shape index (κ2) is 4.69. The van der Waals surface area contributed by atoms with Gasteiger partial charge in [0.1, 0.15) is 23.9 Å². The summed E-state index contributed by atoms with van der Waals surface area (Å²) in [6, 6.07) is 12.3. The molecule has 1 heterocycles. The van der Waals surface area contributed by atoms with Gasteiger partial charge in [0.15, 0.2) is 0 Å². The monoisotopic (exact) mass is 254 g/mol. The van der Waals surface area contributed by atoms with Crippen molar-refractivity contribution in [3.05, 3.63) is 59.2 Å². The van der Waals surface area contributed by atoms with Crippen LogP contribution in [0.1, 0.15) is 11.1 Å². The number of hydrogen-bond acceptors (Lipinski definition) is 3. The highest BCUT2D eigenvalue weighted by Gasteiger charge is 2.12. The first-order valence-corrected chi connectivity index (χ1v) is 6.14. The third-order valence-corrected chi connectivity index (χ3v) is 3.14. The summed E-state index contributed by atoms with van der Waals surface area (Å²) in [5.74, 6) is 1.21. The number of rotatable bonds is 2. The van der Waals surface area contributed by atoms with Crippen LogP contribution in [0.15, 0.2) is 48.0 Å². The summed E-state index contributed by atoms with van der Waals surface area (Å²) in [7, 11) is 0. The minimum atomic E-state index is 0.217. The van der Waals surface area contributed by atoms with Crippen molar-refractivity contribution in [1.82, 2.24) is 0 Å². The lowest BCUT2D eigenvalue weighted by Crippen LogP contribution is -2.09. The summed E-state index contributed by atoms with van der Waals surface area (Å²) < 4.78 is 5.64. The van der Waals surface area contributed by atoms with E-state index < -0.39 is 0 Å². The molecule has 3 nitrogen and oxygen atoms in total. The van der Waals surface area contributed by atoms with E-state index in [1.54, 1.807) is 24.3 Å². The zero-order valence-corrected chi connectivity index (χ0v) is 10.3. The van der Waals surface area contributed by atoms with Crippen LogP contribution in [0, 0.1) is 0 Å². The van der Waals surface area contributed by atoms with Crippen LogP contribution in [0.4, 0.5) is 0 Å². The van der Waals surface area contributed by atoms with Gasteiger partial charge in [0, 0.05) is 11.6 Å². The lowest BCUT2D eigenvalue weighted by molar-refractivity contribution is 0.341. The summed E-state index contributed by atoms with van der Waals surface area (Å²) in [5.41, 5.74) is 3.29. The Bertz CT molecular complexity index is 627. The summed E-state index contributed by atoms with van der Waals surface area (Å²) >= 11 is 0. The van der Waals surface area contributed by atoms with Crippen molar-refractivity contribution in [2.75, 3.05) is 6.61 Å². The Morgan fingerprint density at radius 2 is 1.68 bits per heavy atom. The molecule has 2 aromatic carbocycles. The molecule has 0 radical (unpaired) electrons. The van der Waals surface area contributed by atoms with Crippen molar-refractivity contribution in [2.45, 2.75) is 6.42 Å². The number of aromatic hydroxyl groups is 2. The minimum Gasteiger partial charge on any atom is -0.508 e. The molecule has 2 N–H and O–H groups in total. The van der Waals surface area contributed by atoms with E-state index in [-0.39, 0.29) is 11.5 Å². The predicted molar refractivity (Wildman–Crippen MR) is 73.4 cm³/mol. The highest BCUT2D eigenvalue weighted by Crippen LogP contribution is 2.30. The molecule has 0 bridgehead atoms. The average Bonchev–Trinajstić information content (AvgIpc) is 2.42. The zero-order chi connectivity index (χ0) is 13.2. The lowest BCUT2D eigenvalue weighted by Gasteiger charge is -2.18. The molecular weight excluding hydrogens is 240 g/mol. The number of ether oxygens (including phenoxy) is 1. The first-order chi connectivity index (χ1) is 9.20. The predicted octanol–water partition coefficient (Wildman–Crippen LogP) is 3.12. The first kappa shape index (κ1) is 11.7. The normalized spacial score (nSPS) is 13.4.